The zero-order valence-electron chi connectivity index (χ0n) is 20.0. The predicted molar refractivity (Wildman–Crippen MR) is 145 cm³/mol. The van der Waals surface area contributed by atoms with Crippen LogP contribution in [0.4, 0.5) is 5.69 Å². The molecule has 0 fully saturated rings. The summed E-state index contributed by atoms with van der Waals surface area (Å²) < 4.78 is 1.13. The second kappa shape index (κ2) is 9.41. The highest BCUT2D eigenvalue weighted by Gasteiger charge is 2.44. The topological polar surface area (TPSA) is 70.1 Å². The van der Waals surface area contributed by atoms with Crippen LogP contribution in [0.3, 0.4) is 0 Å². The maximum atomic E-state index is 14.0. The Labute approximate surface area is 214 Å². The molecule has 1 aliphatic carbocycles. The molecule has 0 amide bonds. The summed E-state index contributed by atoms with van der Waals surface area (Å²) in [5.41, 5.74) is 13.0. The summed E-state index contributed by atoms with van der Waals surface area (Å²) in [6.07, 6.45) is 3.16. The van der Waals surface area contributed by atoms with Gasteiger partial charge in [0.2, 0.25) is 0 Å². The van der Waals surface area contributed by atoms with Gasteiger partial charge in [0.25, 0.3) is 0 Å². The number of para-hydroxylation sites is 1. The van der Waals surface area contributed by atoms with Crippen LogP contribution in [0.5, 0.6) is 0 Å². The van der Waals surface area contributed by atoms with E-state index in [9.17, 15) is 10.1 Å². The molecule has 2 aromatic carbocycles. The molecule has 5 rings (SSSR count). The molecule has 0 saturated heterocycles. The van der Waals surface area contributed by atoms with E-state index in [1.807, 2.05) is 60.5 Å². The number of anilines is 1. The number of allylic oxidation sites excluding steroid dienone is 3. The number of rotatable bonds is 4. The Morgan fingerprint density at radius 3 is 2.49 bits per heavy atom. The first-order valence-electron chi connectivity index (χ1n) is 11.7. The first kappa shape index (κ1) is 23.5. The monoisotopic (exact) mass is 497 g/mol. The van der Waals surface area contributed by atoms with E-state index >= 15 is 0 Å². The van der Waals surface area contributed by atoms with Crippen LogP contribution in [0, 0.1) is 25.2 Å². The molecule has 0 bridgehead atoms. The third-order valence-electron chi connectivity index (χ3n) is 6.94. The Hall–Kier alpha value is -3.27. The van der Waals surface area contributed by atoms with Gasteiger partial charge in [-0.15, -0.1) is 23.1 Å². The Bertz CT molecular complexity index is 1410. The van der Waals surface area contributed by atoms with Crippen LogP contribution < -0.4 is 10.6 Å². The molecule has 176 valence electrons. The molecule has 2 atom stereocenters. The molecule has 0 saturated carbocycles. The molecule has 4 nitrogen and oxygen atoms in total. The average molecular weight is 498 g/mol. The van der Waals surface area contributed by atoms with Gasteiger partial charge in [-0.2, -0.15) is 5.26 Å². The molecule has 2 heterocycles. The van der Waals surface area contributed by atoms with Crippen molar-refractivity contribution in [1.29, 1.82) is 5.26 Å². The maximum absolute atomic E-state index is 14.0. The number of hydrogen-bond donors (Lipinski definition) is 1. The highest BCUT2D eigenvalue weighted by molar-refractivity contribution is 8.00. The van der Waals surface area contributed by atoms with E-state index in [2.05, 4.69) is 31.2 Å². The first-order chi connectivity index (χ1) is 16.9. The number of benzene rings is 2. The number of thiophene rings is 1. The van der Waals surface area contributed by atoms with E-state index in [0.29, 0.717) is 24.2 Å². The number of Topliss-reactive ketones (excluding diaryl/α,β-unsaturated/α-hetero) is 1. The lowest BCUT2D eigenvalue weighted by molar-refractivity contribution is -0.116. The van der Waals surface area contributed by atoms with Crippen molar-refractivity contribution in [1.82, 2.24) is 0 Å². The number of nitriles is 1. The normalized spacial score (nSPS) is 20.2. The van der Waals surface area contributed by atoms with Crippen LogP contribution in [0.15, 0.2) is 87.5 Å². The number of hydrogen-bond acceptors (Lipinski definition) is 6. The molecule has 35 heavy (non-hydrogen) atoms. The minimum atomic E-state index is -0.438. The van der Waals surface area contributed by atoms with Crippen molar-refractivity contribution in [3.05, 3.63) is 105 Å². The average Bonchev–Trinajstić information content (AvgIpc) is 3.24. The minimum absolute atomic E-state index is 0.0651. The van der Waals surface area contributed by atoms with Crippen LogP contribution in [0.1, 0.15) is 46.2 Å². The lowest BCUT2D eigenvalue weighted by atomic mass is 9.72. The minimum Gasteiger partial charge on any atom is -0.384 e. The van der Waals surface area contributed by atoms with Crippen LogP contribution in [-0.4, -0.2) is 12.0 Å². The smallest absolute Gasteiger partial charge is 0.162 e. The van der Waals surface area contributed by atoms with Gasteiger partial charge in [0.1, 0.15) is 5.82 Å². The summed E-state index contributed by atoms with van der Waals surface area (Å²) in [5, 5.41) is 10.4. The van der Waals surface area contributed by atoms with Gasteiger partial charge in [0, 0.05) is 22.6 Å². The number of ketones is 1. The lowest BCUT2D eigenvalue weighted by Crippen LogP contribution is -2.40. The van der Waals surface area contributed by atoms with Gasteiger partial charge in [-0.3, -0.25) is 9.69 Å². The Morgan fingerprint density at radius 2 is 1.80 bits per heavy atom. The first-order valence-corrected chi connectivity index (χ1v) is 13.7. The van der Waals surface area contributed by atoms with Crippen molar-refractivity contribution in [3.63, 3.8) is 0 Å². The summed E-state index contributed by atoms with van der Waals surface area (Å²) in [5.74, 6) is 0.144. The molecule has 0 spiro atoms. The molecule has 0 radical (unpaired) electrons. The third kappa shape index (κ3) is 3.99. The van der Waals surface area contributed by atoms with E-state index < -0.39 is 5.92 Å². The number of carbonyl (C=O) groups is 1. The summed E-state index contributed by atoms with van der Waals surface area (Å²) in [6.45, 7) is 4.10. The molecule has 1 aromatic heterocycles. The lowest BCUT2D eigenvalue weighted by Gasteiger charge is -2.42. The van der Waals surface area contributed by atoms with Gasteiger partial charge in [0.15, 0.2) is 5.78 Å². The number of nitrogens with zero attached hydrogens (tertiary/aromatic N) is 2. The Balaban J connectivity index is 1.77. The fraction of sp³-hybridized carbons (Fsp3) is 0.241. The number of thioether (sulfide) groups is 1. The quantitative estimate of drug-likeness (QED) is 0.402. The van der Waals surface area contributed by atoms with Gasteiger partial charge in [-0.05, 0) is 61.3 Å². The van der Waals surface area contributed by atoms with E-state index in [1.54, 1.807) is 23.1 Å². The number of nitrogens with two attached hydrogens (primary N) is 1. The molecule has 6 heteroatoms. The standard InChI is InChI=1S/C29H27N3OS2/c1-17-9-7-8-12-23(17)32-24-14-20(19-10-5-4-6-11-19)15-25(33)27(24)26(22(16-30)28(32)31)21-13-18(2)35-29(21)34-3/h4-13,20,26H,14-15,31H2,1-3H3/t20-,26+/m0/s1. The summed E-state index contributed by atoms with van der Waals surface area (Å²) >= 11 is 3.36. The van der Waals surface area contributed by atoms with Gasteiger partial charge in [-0.25, -0.2) is 0 Å². The zero-order valence-corrected chi connectivity index (χ0v) is 21.7. The third-order valence-corrected chi connectivity index (χ3v) is 9.16. The maximum Gasteiger partial charge on any atom is 0.162 e. The molecule has 3 aromatic rings. The Morgan fingerprint density at radius 1 is 1.09 bits per heavy atom. The highest BCUT2D eigenvalue weighted by Crippen LogP contribution is 2.51. The van der Waals surface area contributed by atoms with Crippen LogP contribution >= 0.6 is 23.1 Å². The summed E-state index contributed by atoms with van der Waals surface area (Å²) in [7, 11) is 0. The van der Waals surface area contributed by atoms with Gasteiger partial charge in [-0.1, -0.05) is 48.5 Å². The van der Waals surface area contributed by atoms with Crippen molar-refractivity contribution in [2.24, 2.45) is 5.73 Å². The fourth-order valence-corrected chi connectivity index (χ4v) is 7.28. The van der Waals surface area contributed by atoms with E-state index in [-0.39, 0.29) is 11.7 Å². The molecular formula is C29H27N3OS2. The van der Waals surface area contributed by atoms with E-state index in [0.717, 1.165) is 42.7 Å². The SMILES string of the molecule is CSc1sc(C)cc1[C@@H]1C(C#N)=C(N)N(c2ccccc2C)C2=C1C(=O)C[C@@H](c1ccccc1)C2. The van der Waals surface area contributed by atoms with Gasteiger partial charge in [0.05, 0.1) is 27.5 Å². The van der Waals surface area contributed by atoms with Crippen LogP contribution in [0.25, 0.3) is 0 Å². The van der Waals surface area contributed by atoms with E-state index in [4.69, 9.17) is 5.73 Å². The molecule has 2 N–H and O–H groups in total. The fourth-order valence-electron chi connectivity index (χ4n) is 5.36. The van der Waals surface area contributed by atoms with Crippen LogP contribution in [-0.2, 0) is 4.79 Å². The van der Waals surface area contributed by atoms with Crippen LogP contribution in [0.2, 0.25) is 0 Å². The zero-order chi connectivity index (χ0) is 24.7. The summed E-state index contributed by atoms with van der Waals surface area (Å²) in [6, 6.07) is 22.8. The van der Waals surface area contributed by atoms with Gasteiger partial charge >= 0.3 is 0 Å². The van der Waals surface area contributed by atoms with Crippen molar-refractivity contribution >= 4 is 34.6 Å². The van der Waals surface area contributed by atoms with Crippen molar-refractivity contribution in [3.8, 4) is 6.07 Å². The number of aryl methyl sites for hydroxylation is 2. The van der Waals surface area contributed by atoms with Crippen molar-refractivity contribution < 1.29 is 4.79 Å². The molecule has 2 aliphatic rings. The molecular weight excluding hydrogens is 470 g/mol. The van der Waals surface area contributed by atoms with Crippen molar-refractivity contribution in [2.75, 3.05) is 11.2 Å². The van der Waals surface area contributed by atoms with E-state index in [1.165, 1.54) is 0 Å². The molecule has 1 aliphatic heterocycles. The second-order valence-corrected chi connectivity index (χ2v) is 11.4. The highest BCUT2D eigenvalue weighted by atomic mass is 32.2. The largest absolute Gasteiger partial charge is 0.384 e. The van der Waals surface area contributed by atoms with Crippen molar-refractivity contribution in [2.45, 2.75) is 42.7 Å². The number of carbonyl (C=O) groups excluding carboxylic acids is 1. The molecule has 0 unspecified atom stereocenters. The van der Waals surface area contributed by atoms with Gasteiger partial charge < -0.3 is 5.73 Å². The predicted octanol–water partition coefficient (Wildman–Crippen LogP) is 6.79. The Kier molecular flexibility index (Phi) is 6.31. The second-order valence-electron chi connectivity index (χ2n) is 9.07. The summed E-state index contributed by atoms with van der Waals surface area (Å²) in [4.78, 5) is 17.1.